The molecule has 0 radical (unpaired) electrons. The number of hydrogen-bond donors (Lipinski definition) is 1. The van der Waals surface area contributed by atoms with E-state index in [2.05, 4.69) is 30.6 Å². The third-order valence-corrected chi connectivity index (χ3v) is 5.08. The molecule has 0 aliphatic rings. The van der Waals surface area contributed by atoms with Gasteiger partial charge in [-0.05, 0) is 47.7 Å². The molecule has 34 heavy (non-hydrogen) atoms. The van der Waals surface area contributed by atoms with Crippen LogP contribution in [0.2, 0.25) is 0 Å². The van der Waals surface area contributed by atoms with E-state index in [1.165, 1.54) is 40.1 Å². The van der Waals surface area contributed by atoms with Crippen LogP contribution in [0.25, 0.3) is 28.3 Å². The fraction of sp³-hybridized carbons (Fsp3) is 0.136. The van der Waals surface area contributed by atoms with Crippen molar-refractivity contribution in [2.45, 2.75) is 19.6 Å². The zero-order valence-electron chi connectivity index (χ0n) is 17.8. The van der Waals surface area contributed by atoms with E-state index in [0.717, 1.165) is 0 Å². The number of rotatable bonds is 6. The number of tetrazole rings is 1. The number of nitrogens with one attached hydrogen (secondary N) is 1. The van der Waals surface area contributed by atoms with Gasteiger partial charge in [0.05, 0.1) is 24.1 Å². The Bertz CT molecular complexity index is 1580. The normalized spacial score (nSPS) is 11.9. The summed E-state index contributed by atoms with van der Waals surface area (Å²) in [5.41, 5.74) is 1.95. The summed E-state index contributed by atoms with van der Waals surface area (Å²) in [6, 6.07) is 11.1. The topological polar surface area (TPSA) is 140 Å². The number of imidazole rings is 1. The molecule has 0 bridgehead atoms. The number of nitrogens with zero attached hydrogens (tertiary/aromatic N) is 8. The van der Waals surface area contributed by atoms with E-state index in [-0.39, 0.29) is 11.3 Å². The number of halogens is 1. The molecule has 0 aliphatic carbocycles. The van der Waals surface area contributed by atoms with Gasteiger partial charge in [0.1, 0.15) is 29.8 Å². The average molecular weight is 457 g/mol. The molecule has 0 saturated carbocycles. The minimum atomic E-state index is -0.516. The second-order valence-corrected chi connectivity index (χ2v) is 7.44. The molecule has 5 rings (SSSR count). The lowest BCUT2D eigenvalue weighted by atomic mass is 10.1. The Morgan fingerprint density at radius 3 is 2.94 bits per heavy atom. The van der Waals surface area contributed by atoms with Crippen molar-refractivity contribution in [1.29, 1.82) is 5.26 Å². The lowest BCUT2D eigenvalue weighted by Crippen LogP contribution is -2.20. The molecular weight excluding hydrogens is 441 g/mol. The van der Waals surface area contributed by atoms with Gasteiger partial charge >= 0.3 is 0 Å². The minimum Gasteiger partial charge on any atom is -0.486 e. The number of ether oxygens (including phenoxy) is 1. The molecule has 0 saturated heterocycles. The first kappa shape index (κ1) is 21.0. The molecule has 168 valence electrons. The summed E-state index contributed by atoms with van der Waals surface area (Å²) in [5, 5.41) is 25.0. The number of pyridine rings is 1. The molecule has 4 heterocycles. The lowest BCUT2D eigenvalue weighted by molar-refractivity contribution is 0.185. The Hall–Kier alpha value is -4.92. The smallest absolute Gasteiger partial charge is 0.200 e. The fourth-order valence-corrected chi connectivity index (χ4v) is 3.52. The van der Waals surface area contributed by atoms with E-state index >= 15 is 0 Å². The molecule has 11 nitrogen and oxygen atoms in total. The lowest BCUT2D eigenvalue weighted by Gasteiger charge is -2.15. The quantitative estimate of drug-likeness (QED) is 0.409. The maximum absolute atomic E-state index is 14.5. The van der Waals surface area contributed by atoms with E-state index in [1.807, 2.05) is 6.07 Å². The molecule has 0 amide bonds. The van der Waals surface area contributed by atoms with Gasteiger partial charge in [0.2, 0.25) is 0 Å². The summed E-state index contributed by atoms with van der Waals surface area (Å²) in [7, 11) is 0. The highest BCUT2D eigenvalue weighted by Gasteiger charge is 2.16. The summed E-state index contributed by atoms with van der Waals surface area (Å²) in [6.45, 7) is 2.12. The SMILES string of the molecule is CC(Cn1cnnn1)Oc1cc(-c2ccc3ncc(-c4[nH]ccc(=O)c4C#N)n3n2)ccc1F. The molecule has 1 aromatic carbocycles. The van der Waals surface area contributed by atoms with Gasteiger partial charge in [0.15, 0.2) is 22.6 Å². The van der Waals surface area contributed by atoms with Gasteiger partial charge < -0.3 is 9.72 Å². The number of fused-ring (bicyclic) bond motifs is 1. The van der Waals surface area contributed by atoms with E-state index < -0.39 is 17.3 Å². The summed E-state index contributed by atoms with van der Waals surface area (Å²) >= 11 is 0. The maximum Gasteiger partial charge on any atom is 0.200 e. The molecule has 5 aromatic rings. The van der Waals surface area contributed by atoms with Gasteiger partial charge in [0, 0.05) is 17.8 Å². The number of H-pyrrole nitrogens is 1. The molecule has 0 spiro atoms. The van der Waals surface area contributed by atoms with Gasteiger partial charge in [-0.25, -0.2) is 18.6 Å². The van der Waals surface area contributed by atoms with Crippen molar-refractivity contribution in [3.8, 4) is 34.5 Å². The number of aromatic amines is 1. The predicted molar refractivity (Wildman–Crippen MR) is 117 cm³/mol. The van der Waals surface area contributed by atoms with Crippen molar-refractivity contribution in [2.24, 2.45) is 0 Å². The number of aromatic nitrogens is 8. The highest BCUT2D eigenvalue weighted by Crippen LogP contribution is 2.28. The monoisotopic (exact) mass is 457 g/mol. The number of hydrogen-bond acceptors (Lipinski definition) is 8. The zero-order valence-corrected chi connectivity index (χ0v) is 17.8. The molecular formula is C22H16FN9O2. The van der Waals surface area contributed by atoms with Crippen LogP contribution in [0.15, 0.2) is 59.9 Å². The molecule has 1 unspecified atom stereocenters. The van der Waals surface area contributed by atoms with Crippen molar-refractivity contribution in [1.82, 2.24) is 39.8 Å². The maximum atomic E-state index is 14.5. The summed E-state index contributed by atoms with van der Waals surface area (Å²) in [4.78, 5) is 19.3. The van der Waals surface area contributed by atoms with Crippen LogP contribution in [-0.2, 0) is 6.54 Å². The summed E-state index contributed by atoms with van der Waals surface area (Å²) in [5.74, 6) is -0.456. The molecule has 12 heteroatoms. The molecule has 4 aromatic heterocycles. The van der Waals surface area contributed by atoms with Crippen LogP contribution < -0.4 is 10.2 Å². The highest BCUT2D eigenvalue weighted by molar-refractivity contribution is 5.68. The van der Waals surface area contributed by atoms with Crippen LogP contribution in [-0.4, -0.2) is 45.9 Å². The molecule has 1 N–H and O–H groups in total. The van der Waals surface area contributed by atoms with Crippen LogP contribution >= 0.6 is 0 Å². The van der Waals surface area contributed by atoms with Crippen LogP contribution in [0, 0.1) is 17.1 Å². The highest BCUT2D eigenvalue weighted by atomic mass is 19.1. The van der Waals surface area contributed by atoms with Crippen LogP contribution in [0.3, 0.4) is 0 Å². The summed E-state index contributed by atoms with van der Waals surface area (Å²) < 4.78 is 23.2. The predicted octanol–water partition coefficient (Wildman–Crippen LogP) is 2.22. The largest absolute Gasteiger partial charge is 0.486 e. The molecule has 1 atom stereocenters. The third kappa shape index (κ3) is 3.86. The van der Waals surface area contributed by atoms with E-state index in [4.69, 9.17) is 4.74 Å². The Morgan fingerprint density at radius 2 is 2.15 bits per heavy atom. The van der Waals surface area contributed by atoms with Gasteiger partial charge in [0.25, 0.3) is 0 Å². The van der Waals surface area contributed by atoms with Crippen molar-refractivity contribution >= 4 is 5.65 Å². The van der Waals surface area contributed by atoms with Gasteiger partial charge in [-0.1, -0.05) is 0 Å². The first-order valence-corrected chi connectivity index (χ1v) is 10.2. The first-order valence-electron chi connectivity index (χ1n) is 10.2. The van der Waals surface area contributed by atoms with Crippen molar-refractivity contribution in [3.63, 3.8) is 0 Å². The van der Waals surface area contributed by atoms with Gasteiger partial charge in [-0.2, -0.15) is 10.4 Å². The first-order chi connectivity index (χ1) is 16.5. The second kappa shape index (κ2) is 8.55. The van der Waals surface area contributed by atoms with Crippen LogP contribution in [0.4, 0.5) is 4.39 Å². The molecule has 0 fully saturated rings. The zero-order chi connectivity index (χ0) is 23.7. The number of nitriles is 1. The third-order valence-electron chi connectivity index (χ3n) is 5.08. The Labute approximate surface area is 191 Å². The van der Waals surface area contributed by atoms with Crippen molar-refractivity contribution < 1.29 is 9.13 Å². The Kier molecular flexibility index (Phi) is 5.27. The van der Waals surface area contributed by atoms with Gasteiger partial charge in [-0.3, -0.25) is 4.79 Å². The average Bonchev–Trinajstić information content (AvgIpc) is 3.49. The standard InChI is InChI=1S/C22H16FN9O2/c1-13(11-31-12-27-29-30-31)34-20-8-14(2-3-16(20)23)17-4-5-21-26-10-18(32(21)28-17)22-15(9-24)19(33)6-7-25-22/h2-8,10,12-13H,11H2,1H3,(H,25,33). The minimum absolute atomic E-state index is 0.0365. The second-order valence-electron chi connectivity index (χ2n) is 7.44. The van der Waals surface area contributed by atoms with E-state index in [0.29, 0.717) is 34.8 Å². The Balaban J connectivity index is 1.51. The van der Waals surface area contributed by atoms with Crippen LogP contribution in [0.5, 0.6) is 5.75 Å². The number of benzene rings is 1. The van der Waals surface area contributed by atoms with E-state index in [1.54, 1.807) is 31.2 Å². The summed E-state index contributed by atoms with van der Waals surface area (Å²) in [6.07, 6.45) is 4.04. The van der Waals surface area contributed by atoms with E-state index in [9.17, 15) is 14.4 Å². The van der Waals surface area contributed by atoms with Crippen LogP contribution in [0.1, 0.15) is 12.5 Å². The van der Waals surface area contributed by atoms with Crippen molar-refractivity contribution in [2.75, 3.05) is 0 Å². The fourth-order valence-electron chi connectivity index (χ4n) is 3.52. The van der Waals surface area contributed by atoms with Gasteiger partial charge in [-0.15, -0.1) is 5.10 Å². The van der Waals surface area contributed by atoms with Crippen molar-refractivity contribution in [3.05, 3.63) is 76.7 Å². The molecule has 0 aliphatic heterocycles. The Morgan fingerprint density at radius 1 is 1.26 bits per heavy atom.